The molecule has 0 spiro atoms. The second-order valence-corrected chi connectivity index (χ2v) is 7.65. The minimum absolute atomic E-state index is 0.234. The van der Waals surface area contributed by atoms with Crippen LogP contribution >= 0.6 is 11.3 Å². The maximum atomic E-state index is 6.24. The van der Waals surface area contributed by atoms with E-state index in [1.807, 2.05) is 11.3 Å². The van der Waals surface area contributed by atoms with E-state index < -0.39 is 0 Å². The maximum Gasteiger partial charge on any atom is 0.191 e. The highest BCUT2D eigenvalue weighted by molar-refractivity contribution is 7.10. The van der Waals surface area contributed by atoms with Gasteiger partial charge in [-0.15, -0.1) is 11.3 Å². The fraction of sp³-hybridized carbons (Fsp3) is 0.706. The van der Waals surface area contributed by atoms with E-state index in [9.17, 15) is 0 Å². The number of nitrogens with two attached hydrogens (primary N) is 1. The molecule has 23 heavy (non-hydrogen) atoms. The second kappa shape index (κ2) is 7.64. The van der Waals surface area contributed by atoms with Gasteiger partial charge in [-0.1, -0.05) is 6.07 Å². The van der Waals surface area contributed by atoms with Gasteiger partial charge in [-0.05, 0) is 50.7 Å². The molecular weight excluding hydrogens is 308 g/mol. The molecule has 2 aliphatic heterocycles. The van der Waals surface area contributed by atoms with E-state index in [0.717, 1.165) is 26.2 Å². The smallest absolute Gasteiger partial charge is 0.191 e. The summed E-state index contributed by atoms with van der Waals surface area (Å²) in [5.74, 6) is 1.22. The van der Waals surface area contributed by atoms with Crippen molar-refractivity contribution in [3.63, 3.8) is 0 Å². The van der Waals surface area contributed by atoms with Gasteiger partial charge >= 0.3 is 0 Å². The molecular formula is C17H28N4OS. The largest absolute Gasteiger partial charge is 0.375 e. The van der Waals surface area contributed by atoms with E-state index in [4.69, 9.17) is 15.5 Å². The molecule has 6 heteroatoms. The number of ether oxygens (including phenoxy) is 1. The quantitative estimate of drug-likeness (QED) is 0.679. The van der Waals surface area contributed by atoms with Crippen LogP contribution in [0.2, 0.25) is 0 Å². The molecule has 0 aliphatic carbocycles. The highest BCUT2D eigenvalue weighted by Gasteiger charge is 2.31. The summed E-state index contributed by atoms with van der Waals surface area (Å²) in [6, 6.07) is 4.87. The third-order valence-corrected chi connectivity index (χ3v) is 5.84. The first-order chi connectivity index (χ1) is 11.1. The van der Waals surface area contributed by atoms with E-state index >= 15 is 0 Å². The van der Waals surface area contributed by atoms with Crippen molar-refractivity contribution in [3.05, 3.63) is 22.4 Å². The van der Waals surface area contributed by atoms with Gasteiger partial charge < -0.3 is 15.4 Å². The molecule has 3 rings (SSSR count). The topological polar surface area (TPSA) is 54.1 Å². The van der Waals surface area contributed by atoms with Crippen molar-refractivity contribution >= 4 is 17.3 Å². The standard InChI is InChI=1S/C17H28N4OS/c1-13-12-21(8-9-22-13)17(18)19-11-14-5-3-7-20(2)16(14)15-6-4-10-23-15/h4,6,10,13-14,16H,3,5,7-9,11-12H2,1-2H3,(H2,18,19). The van der Waals surface area contributed by atoms with Crippen LogP contribution in [-0.2, 0) is 4.74 Å². The van der Waals surface area contributed by atoms with Gasteiger partial charge in [-0.25, -0.2) is 0 Å². The van der Waals surface area contributed by atoms with Crippen molar-refractivity contribution in [1.82, 2.24) is 9.80 Å². The van der Waals surface area contributed by atoms with E-state index in [-0.39, 0.29) is 6.10 Å². The molecule has 0 radical (unpaired) electrons. The van der Waals surface area contributed by atoms with Crippen LogP contribution in [0.15, 0.2) is 22.5 Å². The number of rotatable bonds is 3. The third-order valence-electron chi connectivity index (χ3n) is 4.89. The van der Waals surface area contributed by atoms with Gasteiger partial charge in [0.25, 0.3) is 0 Å². The summed E-state index contributed by atoms with van der Waals surface area (Å²) in [7, 11) is 2.23. The van der Waals surface area contributed by atoms with Gasteiger partial charge in [0.2, 0.25) is 0 Å². The summed E-state index contributed by atoms with van der Waals surface area (Å²) in [4.78, 5) is 10.8. The Morgan fingerprint density at radius 3 is 3.09 bits per heavy atom. The monoisotopic (exact) mass is 336 g/mol. The van der Waals surface area contributed by atoms with Gasteiger partial charge in [0.15, 0.2) is 5.96 Å². The Hall–Kier alpha value is -1.11. The summed E-state index contributed by atoms with van der Waals surface area (Å²) in [5, 5.41) is 2.17. The Balaban J connectivity index is 1.66. The molecule has 0 bridgehead atoms. The summed E-state index contributed by atoms with van der Waals surface area (Å²) >= 11 is 1.85. The van der Waals surface area contributed by atoms with E-state index in [1.54, 1.807) is 0 Å². The minimum Gasteiger partial charge on any atom is -0.375 e. The Kier molecular flexibility index (Phi) is 5.56. The second-order valence-electron chi connectivity index (χ2n) is 6.67. The SMILES string of the molecule is CC1CN(C(N)=NCC2CCCN(C)C2c2cccs2)CCO1. The van der Waals surface area contributed by atoms with Crippen molar-refractivity contribution in [2.45, 2.75) is 31.9 Å². The molecule has 3 unspecified atom stereocenters. The number of nitrogens with zero attached hydrogens (tertiary/aromatic N) is 3. The Bertz CT molecular complexity index is 519. The van der Waals surface area contributed by atoms with E-state index in [1.165, 1.54) is 24.3 Å². The summed E-state index contributed by atoms with van der Waals surface area (Å²) in [6.07, 6.45) is 2.70. The number of morpholine rings is 1. The Morgan fingerprint density at radius 1 is 1.48 bits per heavy atom. The molecule has 2 N–H and O–H groups in total. The van der Waals surface area contributed by atoms with Crippen LogP contribution in [0.5, 0.6) is 0 Å². The fourth-order valence-electron chi connectivity index (χ4n) is 3.70. The average Bonchev–Trinajstić information content (AvgIpc) is 3.06. The third kappa shape index (κ3) is 4.05. The molecule has 2 saturated heterocycles. The van der Waals surface area contributed by atoms with Gasteiger partial charge in [0.05, 0.1) is 12.7 Å². The van der Waals surface area contributed by atoms with Crippen LogP contribution in [0.4, 0.5) is 0 Å². The predicted octanol–water partition coefficient (Wildman–Crippen LogP) is 2.17. The number of hydrogen-bond acceptors (Lipinski definition) is 4. The zero-order valence-corrected chi connectivity index (χ0v) is 15.0. The number of guanidine groups is 1. The van der Waals surface area contributed by atoms with Crippen molar-refractivity contribution in [3.8, 4) is 0 Å². The zero-order chi connectivity index (χ0) is 16.2. The summed E-state index contributed by atoms with van der Waals surface area (Å²) in [6.45, 7) is 6.49. The number of piperidine rings is 1. The molecule has 128 valence electrons. The van der Waals surface area contributed by atoms with Crippen molar-refractivity contribution in [2.24, 2.45) is 16.6 Å². The highest BCUT2D eigenvalue weighted by atomic mass is 32.1. The van der Waals surface area contributed by atoms with Crippen molar-refractivity contribution in [1.29, 1.82) is 0 Å². The number of likely N-dealkylation sites (tertiary alicyclic amines) is 1. The van der Waals surface area contributed by atoms with Crippen LogP contribution in [0.1, 0.15) is 30.7 Å². The number of aliphatic imine (C=N–C) groups is 1. The number of thiophene rings is 1. The maximum absolute atomic E-state index is 6.24. The van der Waals surface area contributed by atoms with Crippen LogP contribution < -0.4 is 5.73 Å². The van der Waals surface area contributed by atoms with Gasteiger partial charge in [0, 0.05) is 30.6 Å². The molecule has 3 atom stereocenters. The minimum atomic E-state index is 0.234. The molecule has 3 heterocycles. The van der Waals surface area contributed by atoms with Crippen LogP contribution in [0.3, 0.4) is 0 Å². The van der Waals surface area contributed by atoms with Gasteiger partial charge in [0.1, 0.15) is 0 Å². The lowest BCUT2D eigenvalue weighted by Gasteiger charge is -2.38. The molecule has 0 amide bonds. The molecule has 5 nitrogen and oxygen atoms in total. The summed E-state index contributed by atoms with van der Waals surface area (Å²) < 4.78 is 5.58. The summed E-state index contributed by atoms with van der Waals surface area (Å²) in [5.41, 5.74) is 6.24. The van der Waals surface area contributed by atoms with Crippen molar-refractivity contribution in [2.75, 3.05) is 39.8 Å². The first-order valence-corrected chi connectivity index (χ1v) is 9.43. The first-order valence-electron chi connectivity index (χ1n) is 8.55. The molecule has 2 aliphatic rings. The predicted molar refractivity (Wildman–Crippen MR) is 95.9 cm³/mol. The zero-order valence-electron chi connectivity index (χ0n) is 14.1. The fourth-order valence-corrected chi connectivity index (χ4v) is 4.68. The normalized spacial score (nSPS) is 30.6. The molecule has 0 aromatic carbocycles. The lowest BCUT2D eigenvalue weighted by molar-refractivity contribution is 0.00522. The lowest BCUT2D eigenvalue weighted by atomic mass is 9.88. The molecule has 0 saturated carbocycles. The average molecular weight is 337 g/mol. The highest BCUT2D eigenvalue weighted by Crippen LogP contribution is 2.37. The molecule has 1 aromatic heterocycles. The first kappa shape index (κ1) is 16.7. The van der Waals surface area contributed by atoms with Crippen LogP contribution in [0.25, 0.3) is 0 Å². The van der Waals surface area contributed by atoms with Gasteiger partial charge in [-0.3, -0.25) is 9.89 Å². The van der Waals surface area contributed by atoms with Crippen LogP contribution in [-0.4, -0.2) is 61.7 Å². The van der Waals surface area contributed by atoms with E-state index in [0.29, 0.717) is 17.9 Å². The van der Waals surface area contributed by atoms with Gasteiger partial charge in [-0.2, -0.15) is 0 Å². The van der Waals surface area contributed by atoms with Crippen LogP contribution in [0, 0.1) is 5.92 Å². The molecule has 1 aromatic rings. The van der Waals surface area contributed by atoms with E-state index in [2.05, 4.69) is 41.3 Å². The van der Waals surface area contributed by atoms with Crippen molar-refractivity contribution < 1.29 is 4.74 Å². The Morgan fingerprint density at radius 2 is 2.35 bits per heavy atom. The Labute approximate surface area is 143 Å². The lowest BCUT2D eigenvalue weighted by Crippen LogP contribution is -2.48. The molecule has 2 fully saturated rings. The number of hydrogen-bond donors (Lipinski definition) is 1.